The number of rotatable bonds is 4. The minimum absolute atomic E-state index is 0.246. The number of carbonyl (C=O) groups is 1. The number of amides is 1. The Hall–Kier alpha value is -2.29. The van der Waals surface area contributed by atoms with E-state index in [4.69, 9.17) is 4.74 Å². The second-order valence-electron chi connectivity index (χ2n) is 7.36. The molecule has 25 heavy (non-hydrogen) atoms. The Morgan fingerprint density at radius 1 is 0.960 bits per heavy atom. The summed E-state index contributed by atoms with van der Waals surface area (Å²) >= 11 is 0. The summed E-state index contributed by atoms with van der Waals surface area (Å²) in [6.45, 7) is 4.31. The van der Waals surface area contributed by atoms with Crippen LogP contribution in [-0.2, 0) is 5.41 Å². The van der Waals surface area contributed by atoms with E-state index in [1.807, 2.05) is 42.5 Å². The fraction of sp³-hybridized carbons (Fsp3) is 0.409. The van der Waals surface area contributed by atoms with Crippen LogP contribution in [0.1, 0.15) is 57.1 Å². The molecule has 1 aliphatic rings. The average molecular weight is 337 g/mol. The molecule has 3 nitrogen and oxygen atoms in total. The Morgan fingerprint density at radius 2 is 1.60 bits per heavy atom. The topological polar surface area (TPSA) is 38.3 Å². The van der Waals surface area contributed by atoms with E-state index in [9.17, 15) is 4.79 Å². The third kappa shape index (κ3) is 4.22. The van der Waals surface area contributed by atoms with Gasteiger partial charge >= 0.3 is 6.09 Å². The third-order valence-corrected chi connectivity index (χ3v) is 5.19. The highest BCUT2D eigenvalue weighted by Crippen LogP contribution is 2.37. The third-order valence-electron chi connectivity index (χ3n) is 5.19. The van der Waals surface area contributed by atoms with Crippen molar-refractivity contribution in [1.29, 1.82) is 0 Å². The fourth-order valence-electron chi connectivity index (χ4n) is 3.63. The van der Waals surface area contributed by atoms with Crippen molar-refractivity contribution in [2.24, 2.45) is 0 Å². The number of carbonyl (C=O) groups excluding carboxylic acids is 1. The van der Waals surface area contributed by atoms with Gasteiger partial charge in [-0.25, -0.2) is 4.79 Å². The lowest BCUT2D eigenvalue weighted by atomic mass is 9.78. The highest BCUT2D eigenvalue weighted by molar-refractivity contribution is 5.71. The Kier molecular flexibility index (Phi) is 5.42. The van der Waals surface area contributed by atoms with Gasteiger partial charge in [0.2, 0.25) is 0 Å². The molecule has 0 saturated heterocycles. The van der Waals surface area contributed by atoms with Gasteiger partial charge in [0.15, 0.2) is 0 Å². The number of para-hydroxylation sites is 1. The maximum Gasteiger partial charge on any atom is 0.412 e. The van der Waals surface area contributed by atoms with Crippen LogP contribution in [-0.4, -0.2) is 12.1 Å². The average Bonchev–Trinajstić information content (AvgIpc) is 2.63. The van der Waals surface area contributed by atoms with Gasteiger partial charge in [-0.2, -0.15) is 0 Å². The number of hydrogen-bond donors (Lipinski definition) is 1. The number of ether oxygens (including phenoxy) is 1. The monoisotopic (exact) mass is 337 g/mol. The smallest absolute Gasteiger partial charge is 0.410 e. The van der Waals surface area contributed by atoms with Crippen LogP contribution in [0.2, 0.25) is 0 Å². The van der Waals surface area contributed by atoms with Gasteiger partial charge in [-0.1, -0.05) is 81.6 Å². The van der Waals surface area contributed by atoms with Gasteiger partial charge in [-0.15, -0.1) is 0 Å². The molecule has 0 aromatic heterocycles. The van der Waals surface area contributed by atoms with Crippen LogP contribution in [0.4, 0.5) is 4.79 Å². The van der Waals surface area contributed by atoms with Gasteiger partial charge in [-0.05, 0) is 24.5 Å². The first-order valence-electron chi connectivity index (χ1n) is 9.21. The van der Waals surface area contributed by atoms with Gasteiger partial charge < -0.3 is 10.1 Å². The molecule has 0 atom stereocenters. The van der Waals surface area contributed by atoms with Crippen molar-refractivity contribution in [2.45, 2.75) is 57.4 Å². The number of nitrogens with one attached hydrogen (secondary N) is 1. The first-order valence-corrected chi connectivity index (χ1v) is 9.21. The highest BCUT2D eigenvalue weighted by atomic mass is 16.6. The van der Waals surface area contributed by atoms with E-state index in [-0.39, 0.29) is 17.6 Å². The van der Waals surface area contributed by atoms with Crippen LogP contribution in [0.5, 0.6) is 5.75 Å². The molecule has 0 heterocycles. The van der Waals surface area contributed by atoms with Crippen molar-refractivity contribution in [2.75, 3.05) is 0 Å². The molecule has 1 N–H and O–H groups in total. The predicted octanol–water partition coefficient (Wildman–Crippen LogP) is 5.43. The summed E-state index contributed by atoms with van der Waals surface area (Å²) in [5, 5.41) is 3.02. The Labute approximate surface area is 150 Å². The van der Waals surface area contributed by atoms with Crippen LogP contribution in [0, 0.1) is 0 Å². The molecule has 0 aliphatic heterocycles. The summed E-state index contributed by atoms with van der Waals surface area (Å²) in [5.74, 6) is 0.629. The van der Waals surface area contributed by atoms with Crippen LogP contribution in [0.25, 0.3) is 0 Å². The molecule has 0 unspecified atom stereocenters. The van der Waals surface area contributed by atoms with Crippen molar-refractivity contribution < 1.29 is 9.53 Å². The van der Waals surface area contributed by atoms with Gasteiger partial charge in [0.1, 0.15) is 5.75 Å². The Bertz CT molecular complexity index is 703. The lowest BCUT2D eigenvalue weighted by Crippen LogP contribution is -2.38. The molecular weight excluding hydrogens is 310 g/mol. The Morgan fingerprint density at radius 3 is 2.32 bits per heavy atom. The van der Waals surface area contributed by atoms with Gasteiger partial charge in [0.05, 0.1) is 0 Å². The van der Waals surface area contributed by atoms with Crippen LogP contribution in [0.3, 0.4) is 0 Å². The van der Waals surface area contributed by atoms with Crippen molar-refractivity contribution >= 4 is 6.09 Å². The van der Waals surface area contributed by atoms with E-state index in [0.717, 1.165) is 18.4 Å². The molecule has 1 fully saturated rings. The van der Waals surface area contributed by atoms with Crippen LogP contribution in [0.15, 0.2) is 54.6 Å². The SMILES string of the molecule is CC(C)(c1ccccc1)c1ccccc1OC(=O)NC1CCCCC1. The minimum atomic E-state index is -0.344. The molecule has 3 heteroatoms. The maximum atomic E-state index is 12.4. The van der Waals surface area contributed by atoms with Gasteiger partial charge in [0, 0.05) is 17.0 Å². The zero-order chi connectivity index (χ0) is 17.7. The van der Waals surface area contributed by atoms with E-state index in [1.54, 1.807) is 0 Å². The molecule has 2 aromatic rings. The molecule has 0 radical (unpaired) electrons. The van der Waals surface area contributed by atoms with Crippen molar-refractivity contribution in [3.8, 4) is 5.75 Å². The summed E-state index contributed by atoms with van der Waals surface area (Å²) in [5.41, 5.74) is 1.96. The number of benzene rings is 2. The van der Waals surface area contributed by atoms with E-state index >= 15 is 0 Å². The first kappa shape index (κ1) is 17.5. The standard InChI is InChI=1S/C22H27NO2/c1-22(2,17-11-5-3-6-12-17)19-15-9-10-16-20(19)25-21(24)23-18-13-7-4-8-14-18/h3,5-6,9-12,15-16,18H,4,7-8,13-14H2,1-2H3,(H,23,24). The molecule has 1 amide bonds. The van der Waals surface area contributed by atoms with Crippen molar-refractivity contribution in [3.05, 3.63) is 65.7 Å². The van der Waals surface area contributed by atoms with E-state index in [0.29, 0.717) is 5.75 Å². The molecule has 0 bridgehead atoms. The number of hydrogen-bond acceptors (Lipinski definition) is 2. The predicted molar refractivity (Wildman–Crippen MR) is 101 cm³/mol. The molecule has 3 rings (SSSR count). The lowest BCUT2D eigenvalue weighted by Gasteiger charge is -2.28. The zero-order valence-corrected chi connectivity index (χ0v) is 15.1. The summed E-state index contributed by atoms with van der Waals surface area (Å²) < 4.78 is 5.71. The maximum absolute atomic E-state index is 12.4. The minimum Gasteiger partial charge on any atom is -0.410 e. The normalized spacial score (nSPS) is 15.6. The van der Waals surface area contributed by atoms with Crippen LogP contribution >= 0.6 is 0 Å². The quantitative estimate of drug-likeness (QED) is 0.807. The summed E-state index contributed by atoms with van der Waals surface area (Å²) in [4.78, 5) is 12.4. The van der Waals surface area contributed by atoms with E-state index in [2.05, 4.69) is 31.3 Å². The summed E-state index contributed by atoms with van der Waals surface area (Å²) in [7, 11) is 0. The van der Waals surface area contributed by atoms with Crippen molar-refractivity contribution in [3.63, 3.8) is 0 Å². The lowest BCUT2D eigenvalue weighted by molar-refractivity contribution is 0.191. The Balaban J connectivity index is 1.77. The molecular formula is C22H27NO2. The van der Waals surface area contributed by atoms with Gasteiger partial charge in [0.25, 0.3) is 0 Å². The molecule has 1 aliphatic carbocycles. The molecule has 0 spiro atoms. The second kappa shape index (κ2) is 7.73. The summed E-state index contributed by atoms with van der Waals surface area (Å²) in [6, 6.07) is 18.4. The first-order chi connectivity index (χ1) is 12.1. The molecule has 2 aromatic carbocycles. The summed E-state index contributed by atoms with van der Waals surface area (Å²) in [6.07, 6.45) is 5.38. The zero-order valence-electron chi connectivity index (χ0n) is 15.1. The van der Waals surface area contributed by atoms with Crippen molar-refractivity contribution in [1.82, 2.24) is 5.32 Å². The van der Waals surface area contributed by atoms with E-state index in [1.165, 1.54) is 24.8 Å². The highest BCUT2D eigenvalue weighted by Gasteiger charge is 2.27. The van der Waals surface area contributed by atoms with Gasteiger partial charge in [-0.3, -0.25) is 0 Å². The largest absolute Gasteiger partial charge is 0.412 e. The molecule has 132 valence electrons. The molecule has 1 saturated carbocycles. The van der Waals surface area contributed by atoms with Crippen LogP contribution < -0.4 is 10.1 Å². The second-order valence-corrected chi connectivity index (χ2v) is 7.36. The fourth-order valence-corrected chi connectivity index (χ4v) is 3.63. The van der Waals surface area contributed by atoms with E-state index < -0.39 is 0 Å².